The van der Waals surface area contributed by atoms with Gasteiger partial charge in [0, 0.05) is 13.2 Å². The number of carbonyl (C=O) groups is 1. The number of hydrogen-bond acceptors (Lipinski definition) is 3. The Labute approximate surface area is 104 Å². The summed E-state index contributed by atoms with van der Waals surface area (Å²) in [5, 5.41) is 0. The van der Waals surface area contributed by atoms with Crippen LogP contribution >= 0.6 is 0 Å². The van der Waals surface area contributed by atoms with Crippen molar-refractivity contribution in [3.8, 4) is 0 Å². The molecule has 1 aliphatic heterocycles. The SMILES string of the molecule is CCCOC1CCCN(C(=O)OC(C)(C)C)C1. The van der Waals surface area contributed by atoms with Crippen LogP contribution in [0, 0.1) is 0 Å². The van der Waals surface area contributed by atoms with Crippen LogP contribution in [0.2, 0.25) is 0 Å². The van der Waals surface area contributed by atoms with E-state index in [-0.39, 0.29) is 12.2 Å². The van der Waals surface area contributed by atoms with Gasteiger partial charge in [-0.05, 0) is 40.0 Å². The summed E-state index contributed by atoms with van der Waals surface area (Å²) in [6.07, 6.45) is 3.01. The third-order valence-electron chi connectivity index (χ3n) is 2.59. The van der Waals surface area contributed by atoms with Gasteiger partial charge in [-0.2, -0.15) is 0 Å². The Kier molecular flexibility index (Phi) is 5.25. The average molecular weight is 243 g/mol. The fourth-order valence-electron chi connectivity index (χ4n) is 1.85. The zero-order valence-corrected chi connectivity index (χ0v) is 11.5. The molecular formula is C13H25NO3. The van der Waals surface area contributed by atoms with Gasteiger partial charge >= 0.3 is 6.09 Å². The van der Waals surface area contributed by atoms with E-state index in [1.54, 1.807) is 4.90 Å². The van der Waals surface area contributed by atoms with E-state index in [0.717, 1.165) is 32.4 Å². The van der Waals surface area contributed by atoms with Crippen LogP contribution in [0.1, 0.15) is 47.0 Å². The van der Waals surface area contributed by atoms with E-state index < -0.39 is 5.60 Å². The number of ether oxygens (including phenoxy) is 2. The van der Waals surface area contributed by atoms with Crippen LogP contribution in [-0.4, -0.2) is 42.4 Å². The first-order valence-corrected chi connectivity index (χ1v) is 6.52. The number of carbonyl (C=O) groups excluding carboxylic acids is 1. The molecule has 0 spiro atoms. The number of piperidine rings is 1. The molecule has 0 aromatic heterocycles. The minimum Gasteiger partial charge on any atom is -0.444 e. The number of amides is 1. The molecule has 1 fully saturated rings. The smallest absolute Gasteiger partial charge is 0.410 e. The second-order valence-corrected chi connectivity index (χ2v) is 5.56. The summed E-state index contributed by atoms with van der Waals surface area (Å²) < 4.78 is 11.1. The predicted octanol–water partition coefficient (Wildman–Crippen LogP) is 2.81. The van der Waals surface area contributed by atoms with Gasteiger partial charge in [-0.3, -0.25) is 0 Å². The normalized spacial score (nSPS) is 21.4. The zero-order valence-electron chi connectivity index (χ0n) is 11.5. The van der Waals surface area contributed by atoms with Gasteiger partial charge in [0.15, 0.2) is 0 Å². The number of nitrogens with zero attached hydrogens (tertiary/aromatic N) is 1. The molecule has 1 amide bonds. The fourth-order valence-corrected chi connectivity index (χ4v) is 1.85. The topological polar surface area (TPSA) is 38.8 Å². The molecular weight excluding hydrogens is 218 g/mol. The first-order valence-electron chi connectivity index (χ1n) is 6.52. The summed E-state index contributed by atoms with van der Waals surface area (Å²) in [7, 11) is 0. The molecule has 4 heteroatoms. The molecule has 0 saturated carbocycles. The summed E-state index contributed by atoms with van der Waals surface area (Å²) in [5.41, 5.74) is -0.422. The first kappa shape index (κ1) is 14.3. The first-order chi connectivity index (χ1) is 7.92. The van der Waals surface area contributed by atoms with E-state index in [1.165, 1.54) is 0 Å². The van der Waals surface area contributed by atoms with Gasteiger partial charge in [-0.1, -0.05) is 6.92 Å². The maximum Gasteiger partial charge on any atom is 0.410 e. The lowest BCUT2D eigenvalue weighted by molar-refractivity contribution is -0.0200. The molecule has 0 aromatic carbocycles. The van der Waals surface area contributed by atoms with Crippen molar-refractivity contribution in [2.24, 2.45) is 0 Å². The van der Waals surface area contributed by atoms with Crippen LogP contribution in [0.5, 0.6) is 0 Å². The van der Waals surface area contributed by atoms with Crippen LogP contribution in [0.4, 0.5) is 4.79 Å². The van der Waals surface area contributed by atoms with E-state index in [9.17, 15) is 4.79 Å². The van der Waals surface area contributed by atoms with Crippen molar-refractivity contribution >= 4 is 6.09 Å². The lowest BCUT2D eigenvalue weighted by atomic mass is 10.1. The predicted molar refractivity (Wildman–Crippen MR) is 67.1 cm³/mol. The molecule has 0 radical (unpaired) electrons. The summed E-state index contributed by atoms with van der Waals surface area (Å²) in [6.45, 7) is 9.97. The molecule has 17 heavy (non-hydrogen) atoms. The minimum atomic E-state index is -0.422. The largest absolute Gasteiger partial charge is 0.444 e. The van der Waals surface area contributed by atoms with Crippen LogP contribution < -0.4 is 0 Å². The van der Waals surface area contributed by atoms with Crippen molar-refractivity contribution in [1.82, 2.24) is 4.90 Å². The van der Waals surface area contributed by atoms with Crippen LogP contribution in [0.3, 0.4) is 0 Å². The van der Waals surface area contributed by atoms with Gasteiger partial charge in [0.2, 0.25) is 0 Å². The van der Waals surface area contributed by atoms with Crippen molar-refractivity contribution in [2.45, 2.75) is 58.7 Å². The Morgan fingerprint density at radius 3 is 2.71 bits per heavy atom. The van der Waals surface area contributed by atoms with Crippen molar-refractivity contribution < 1.29 is 14.3 Å². The summed E-state index contributed by atoms with van der Waals surface area (Å²) in [6, 6.07) is 0. The average Bonchev–Trinajstić information content (AvgIpc) is 2.24. The lowest BCUT2D eigenvalue weighted by Gasteiger charge is -2.34. The Balaban J connectivity index is 2.40. The highest BCUT2D eigenvalue weighted by atomic mass is 16.6. The van der Waals surface area contributed by atoms with Gasteiger partial charge in [-0.15, -0.1) is 0 Å². The molecule has 0 bridgehead atoms. The van der Waals surface area contributed by atoms with Crippen molar-refractivity contribution in [2.75, 3.05) is 19.7 Å². The van der Waals surface area contributed by atoms with Crippen molar-refractivity contribution in [1.29, 1.82) is 0 Å². The molecule has 1 saturated heterocycles. The summed E-state index contributed by atoms with van der Waals surface area (Å²) >= 11 is 0. The molecule has 1 rings (SSSR count). The van der Waals surface area contributed by atoms with E-state index in [2.05, 4.69) is 6.92 Å². The van der Waals surface area contributed by atoms with Crippen LogP contribution in [0.25, 0.3) is 0 Å². The zero-order chi connectivity index (χ0) is 12.9. The molecule has 4 nitrogen and oxygen atoms in total. The second kappa shape index (κ2) is 6.24. The number of likely N-dealkylation sites (tertiary alicyclic amines) is 1. The molecule has 0 N–H and O–H groups in total. The minimum absolute atomic E-state index is 0.177. The molecule has 1 heterocycles. The van der Waals surface area contributed by atoms with Crippen LogP contribution in [-0.2, 0) is 9.47 Å². The highest BCUT2D eigenvalue weighted by molar-refractivity contribution is 5.68. The fraction of sp³-hybridized carbons (Fsp3) is 0.923. The highest BCUT2D eigenvalue weighted by Gasteiger charge is 2.27. The molecule has 1 unspecified atom stereocenters. The maximum absolute atomic E-state index is 11.9. The second-order valence-electron chi connectivity index (χ2n) is 5.56. The molecule has 100 valence electrons. The third-order valence-corrected chi connectivity index (χ3v) is 2.59. The van der Waals surface area contributed by atoms with Crippen molar-refractivity contribution in [3.63, 3.8) is 0 Å². The Morgan fingerprint density at radius 2 is 2.12 bits per heavy atom. The molecule has 0 aromatic rings. The lowest BCUT2D eigenvalue weighted by Crippen LogP contribution is -2.45. The van der Waals surface area contributed by atoms with E-state index in [1.807, 2.05) is 20.8 Å². The quantitative estimate of drug-likeness (QED) is 0.765. The number of rotatable bonds is 3. The van der Waals surface area contributed by atoms with Gasteiger partial charge < -0.3 is 14.4 Å². The maximum atomic E-state index is 11.9. The van der Waals surface area contributed by atoms with E-state index >= 15 is 0 Å². The van der Waals surface area contributed by atoms with Gasteiger partial charge in [0.05, 0.1) is 12.6 Å². The van der Waals surface area contributed by atoms with E-state index in [4.69, 9.17) is 9.47 Å². The monoisotopic (exact) mass is 243 g/mol. The van der Waals surface area contributed by atoms with Gasteiger partial charge in [-0.25, -0.2) is 4.79 Å². The summed E-state index contributed by atoms with van der Waals surface area (Å²) in [4.78, 5) is 13.6. The van der Waals surface area contributed by atoms with Gasteiger partial charge in [0.25, 0.3) is 0 Å². The molecule has 1 aliphatic rings. The molecule has 1 atom stereocenters. The summed E-state index contributed by atoms with van der Waals surface area (Å²) in [5.74, 6) is 0. The highest BCUT2D eigenvalue weighted by Crippen LogP contribution is 2.17. The third kappa shape index (κ3) is 5.39. The van der Waals surface area contributed by atoms with Gasteiger partial charge in [0.1, 0.15) is 5.60 Å². The van der Waals surface area contributed by atoms with E-state index in [0.29, 0.717) is 6.54 Å². The van der Waals surface area contributed by atoms with Crippen LogP contribution in [0.15, 0.2) is 0 Å². The standard InChI is InChI=1S/C13H25NO3/c1-5-9-16-11-7-6-8-14(10-11)12(15)17-13(2,3)4/h11H,5-10H2,1-4H3. The van der Waals surface area contributed by atoms with Crippen molar-refractivity contribution in [3.05, 3.63) is 0 Å². The Bertz CT molecular complexity index is 248. The number of hydrogen-bond donors (Lipinski definition) is 0. The molecule has 0 aliphatic carbocycles. The Morgan fingerprint density at radius 1 is 1.41 bits per heavy atom. The Hall–Kier alpha value is -0.770.